The van der Waals surface area contributed by atoms with Gasteiger partial charge in [-0.2, -0.15) is 0 Å². The van der Waals surface area contributed by atoms with Crippen molar-refractivity contribution >= 4 is 29.9 Å². The zero-order valence-electron chi connectivity index (χ0n) is 20.2. The second-order valence-electron chi connectivity index (χ2n) is 10.3. The zero-order chi connectivity index (χ0) is 22.5. The lowest BCUT2D eigenvalue weighted by molar-refractivity contribution is 0.186. The Morgan fingerprint density at radius 1 is 1.30 bits per heavy atom. The molecule has 0 spiro atoms. The molecule has 0 unspecified atom stereocenters. The van der Waals surface area contributed by atoms with Gasteiger partial charge in [0.2, 0.25) is 0 Å². The van der Waals surface area contributed by atoms with Crippen LogP contribution in [0.15, 0.2) is 29.8 Å². The highest BCUT2D eigenvalue weighted by molar-refractivity contribution is 7.18. The number of aliphatic hydroxyl groups is 1. The Labute approximate surface area is 188 Å². The normalized spacial score (nSPS) is 15.6. The van der Waals surface area contributed by atoms with E-state index in [1.807, 2.05) is 0 Å². The van der Waals surface area contributed by atoms with Crippen LogP contribution in [0.3, 0.4) is 0 Å². The van der Waals surface area contributed by atoms with E-state index in [2.05, 4.69) is 78.9 Å². The van der Waals surface area contributed by atoms with Crippen LogP contribution in [0.5, 0.6) is 0 Å². The third-order valence-electron chi connectivity index (χ3n) is 6.39. The van der Waals surface area contributed by atoms with Crippen molar-refractivity contribution in [1.29, 1.82) is 0 Å². The molecule has 168 valence electrons. The van der Waals surface area contributed by atoms with Crippen LogP contribution in [0.25, 0.3) is 10.2 Å². The summed E-state index contributed by atoms with van der Waals surface area (Å²) in [5.41, 5.74) is 3.72. The Morgan fingerprint density at radius 3 is 2.63 bits per heavy atom. The van der Waals surface area contributed by atoms with Crippen molar-refractivity contribution in [2.45, 2.75) is 91.5 Å². The van der Waals surface area contributed by atoms with E-state index in [1.54, 1.807) is 11.3 Å². The van der Waals surface area contributed by atoms with Gasteiger partial charge in [0, 0.05) is 6.61 Å². The number of rotatable bonds is 10. The average molecular weight is 448 g/mol. The van der Waals surface area contributed by atoms with E-state index in [0.717, 1.165) is 36.2 Å². The summed E-state index contributed by atoms with van der Waals surface area (Å²) in [6.45, 7) is 18.2. The molecule has 1 aromatic heterocycles. The molecule has 0 amide bonds. The topological polar surface area (TPSA) is 42.4 Å². The van der Waals surface area contributed by atoms with Gasteiger partial charge >= 0.3 is 0 Å². The van der Waals surface area contributed by atoms with Gasteiger partial charge in [-0.3, -0.25) is 0 Å². The molecule has 3 nitrogen and oxygen atoms in total. The van der Waals surface area contributed by atoms with Crippen molar-refractivity contribution < 1.29 is 9.53 Å². The number of aromatic nitrogens is 1. The molecule has 2 rings (SSSR count). The summed E-state index contributed by atoms with van der Waals surface area (Å²) in [4.78, 5) is 4.70. The molecule has 1 N–H and O–H groups in total. The molecule has 1 heterocycles. The lowest BCUT2D eigenvalue weighted by Crippen LogP contribution is -2.41. The molecular weight excluding hydrogens is 406 g/mol. The minimum atomic E-state index is -1.91. The lowest BCUT2D eigenvalue weighted by atomic mass is 10.0. The van der Waals surface area contributed by atoms with Crippen LogP contribution < -0.4 is 0 Å². The van der Waals surface area contributed by atoms with Crippen LogP contribution >= 0.6 is 11.3 Å². The maximum Gasteiger partial charge on any atom is 0.192 e. The number of aryl methyl sites for hydroxylation is 1. The van der Waals surface area contributed by atoms with E-state index < -0.39 is 8.32 Å². The fourth-order valence-electron chi connectivity index (χ4n) is 3.28. The van der Waals surface area contributed by atoms with Gasteiger partial charge in [-0.25, -0.2) is 4.98 Å². The van der Waals surface area contributed by atoms with E-state index >= 15 is 0 Å². The molecule has 30 heavy (non-hydrogen) atoms. The minimum Gasteiger partial charge on any atom is -0.410 e. The average Bonchev–Trinajstić information content (AvgIpc) is 3.03. The number of hydrogen-bond donors (Lipinski definition) is 1. The number of allylic oxidation sites excluding steroid dienone is 1. The zero-order valence-corrected chi connectivity index (χ0v) is 22.0. The van der Waals surface area contributed by atoms with Gasteiger partial charge in [0.15, 0.2) is 8.32 Å². The van der Waals surface area contributed by atoms with Crippen LogP contribution in [0.2, 0.25) is 18.1 Å². The summed E-state index contributed by atoms with van der Waals surface area (Å²) >= 11 is 1.75. The Hall–Kier alpha value is -1.01. The van der Waals surface area contributed by atoms with E-state index in [-0.39, 0.29) is 17.7 Å². The molecule has 2 aromatic rings. The van der Waals surface area contributed by atoms with Gasteiger partial charge in [0.25, 0.3) is 0 Å². The largest absolute Gasteiger partial charge is 0.410 e. The Kier molecular flexibility index (Phi) is 8.87. The second kappa shape index (κ2) is 10.5. The Bertz CT molecular complexity index is 850. The summed E-state index contributed by atoms with van der Waals surface area (Å²) < 4.78 is 8.13. The predicted molar refractivity (Wildman–Crippen MR) is 134 cm³/mol. The lowest BCUT2D eigenvalue weighted by Gasteiger charge is -2.39. The summed E-state index contributed by atoms with van der Waals surface area (Å²) in [5.74, 6) is 0.390. The van der Waals surface area contributed by atoms with E-state index in [0.29, 0.717) is 5.92 Å². The maximum atomic E-state index is 9.22. The first-order valence-electron chi connectivity index (χ1n) is 11.2. The number of aliphatic hydroxyl groups excluding tert-OH is 1. The smallest absolute Gasteiger partial charge is 0.192 e. The van der Waals surface area contributed by atoms with E-state index in [1.165, 1.54) is 15.8 Å². The highest BCUT2D eigenvalue weighted by Gasteiger charge is 2.39. The van der Waals surface area contributed by atoms with Gasteiger partial charge in [-0.05, 0) is 81.3 Å². The molecule has 0 aliphatic carbocycles. The van der Waals surface area contributed by atoms with Crippen LogP contribution in [0, 0.1) is 12.8 Å². The highest BCUT2D eigenvalue weighted by Crippen LogP contribution is 2.41. The standard InChI is InChI=1S/C25H41NO2SSi/c1-18(10-9-11-19(2)17-27)12-14-23(28-30(7,8)25(4,5)6)21-13-15-24-22(16-21)26-20(3)29-24/h12-13,15-16,19,23,27H,9-11,14,17H2,1-8H3/b18-12+/t19-,23-/m0/s1. The van der Waals surface area contributed by atoms with Crippen LogP contribution in [-0.4, -0.2) is 25.0 Å². The molecule has 2 atom stereocenters. The Morgan fingerprint density at radius 2 is 2.00 bits per heavy atom. The molecule has 0 aliphatic rings. The first-order chi connectivity index (χ1) is 13.9. The fourth-order valence-corrected chi connectivity index (χ4v) is 5.38. The van der Waals surface area contributed by atoms with Crippen LogP contribution in [0.4, 0.5) is 0 Å². The van der Waals surface area contributed by atoms with Crippen LogP contribution in [0.1, 0.15) is 77.0 Å². The van der Waals surface area contributed by atoms with Gasteiger partial charge in [0.05, 0.1) is 21.3 Å². The van der Waals surface area contributed by atoms with E-state index in [4.69, 9.17) is 9.41 Å². The van der Waals surface area contributed by atoms with Crippen molar-refractivity contribution in [3.63, 3.8) is 0 Å². The first-order valence-corrected chi connectivity index (χ1v) is 15.0. The predicted octanol–water partition coefficient (Wildman–Crippen LogP) is 7.80. The van der Waals surface area contributed by atoms with Crippen molar-refractivity contribution in [3.8, 4) is 0 Å². The van der Waals surface area contributed by atoms with Crippen molar-refractivity contribution in [3.05, 3.63) is 40.4 Å². The van der Waals surface area contributed by atoms with Crippen LogP contribution in [-0.2, 0) is 4.43 Å². The number of nitrogens with zero attached hydrogens (tertiary/aromatic N) is 1. The third kappa shape index (κ3) is 7.01. The van der Waals surface area contributed by atoms with E-state index in [9.17, 15) is 5.11 Å². The summed E-state index contributed by atoms with van der Waals surface area (Å²) in [6.07, 6.45) is 6.60. The molecule has 0 fully saturated rings. The molecule has 5 heteroatoms. The Balaban J connectivity index is 2.21. The fraction of sp³-hybridized carbons (Fsp3) is 0.640. The van der Waals surface area contributed by atoms with Gasteiger partial charge in [0.1, 0.15) is 0 Å². The van der Waals surface area contributed by atoms with Crippen molar-refractivity contribution in [2.75, 3.05) is 6.61 Å². The SMILES string of the molecule is C/C(=C\C[C@H](O[Si](C)(C)C(C)(C)C)c1ccc2sc(C)nc2c1)CCC[C@H](C)CO. The molecular formula is C25H41NO2SSi. The molecule has 0 aliphatic heterocycles. The molecule has 0 bridgehead atoms. The van der Waals surface area contributed by atoms with Crippen molar-refractivity contribution in [2.24, 2.45) is 5.92 Å². The minimum absolute atomic E-state index is 0.0589. The second-order valence-corrected chi connectivity index (χ2v) is 16.3. The molecule has 0 saturated heterocycles. The summed E-state index contributed by atoms with van der Waals surface area (Å²) in [6, 6.07) is 6.65. The monoisotopic (exact) mass is 447 g/mol. The summed E-state index contributed by atoms with van der Waals surface area (Å²) in [7, 11) is -1.91. The first kappa shape index (κ1) is 25.2. The molecule has 0 saturated carbocycles. The van der Waals surface area contributed by atoms with Gasteiger partial charge < -0.3 is 9.53 Å². The summed E-state index contributed by atoms with van der Waals surface area (Å²) in [5, 5.41) is 10.5. The molecule has 0 radical (unpaired) electrons. The highest BCUT2D eigenvalue weighted by atomic mass is 32.1. The number of benzene rings is 1. The number of fused-ring (bicyclic) bond motifs is 1. The maximum absolute atomic E-state index is 9.22. The van der Waals surface area contributed by atoms with Gasteiger partial charge in [-0.1, -0.05) is 45.4 Å². The van der Waals surface area contributed by atoms with Gasteiger partial charge in [-0.15, -0.1) is 11.3 Å². The third-order valence-corrected chi connectivity index (χ3v) is 11.8. The van der Waals surface area contributed by atoms with Crippen molar-refractivity contribution in [1.82, 2.24) is 4.98 Å². The molecule has 1 aromatic carbocycles. The number of thiazole rings is 1. The number of hydrogen-bond acceptors (Lipinski definition) is 4. The quantitative estimate of drug-likeness (QED) is 0.298.